The van der Waals surface area contributed by atoms with E-state index in [-0.39, 0.29) is 0 Å². The maximum Gasteiger partial charge on any atom is -0.00170 e. The molecule has 0 radical (unpaired) electrons. The van der Waals surface area contributed by atoms with Gasteiger partial charge >= 0.3 is 0 Å². The molecule has 11 heavy (non-hydrogen) atoms. The van der Waals surface area contributed by atoms with E-state index in [1.807, 2.05) is 0 Å². The summed E-state index contributed by atoms with van der Waals surface area (Å²) in [6, 6.07) is 0. The van der Waals surface area contributed by atoms with Crippen LogP contribution in [0.15, 0.2) is 36.5 Å². The molecule has 0 aromatic rings. The van der Waals surface area contributed by atoms with Crippen molar-refractivity contribution < 1.29 is 0 Å². The van der Waals surface area contributed by atoms with Gasteiger partial charge in [-0.2, -0.15) is 0 Å². The van der Waals surface area contributed by atoms with Crippen molar-refractivity contribution in [1.29, 1.82) is 0 Å². The van der Waals surface area contributed by atoms with E-state index in [0.717, 1.165) is 12.8 Å². The van der Waals surface area contributed by atoms with E-state index in [0.29, 0.717) is 11.8 Å². The molecule has 2 atom stereocenters. The van der Waals surface area contributed by atoms with E-state index in [1.54, 1.807) is 0 Å². The number of allylic oxidation sites excluding steroid dienone is 4. The van der Waals surface area contributed by atoms with Crippen LogP contribution >= 0.6 is 0 Å². The Bertz CT molecular complexity index is 208. The average molecular weight is 146 g/mol. The van der Waals surface area contributed by atoms with Gasteiger partial charge in [-0.15, -0.1) is 0 Å². The fourth-order valence-electron chi connectivity index (χ4n) is 2.00. The molecule has 1 fully saturated rings. The molecule has 0 N–H and O–H groups in total. The van der Waals surface area contributed by atoms with Gasteiger partial charge in [0.2, 0.25) is 0 Å². The lowest BCUT2D eigenvalue weighted by molar-refractivity contribution is 0.649. The molecule has 0 heterocycles. The van der Waals surface area contributed by atoms with Crippen LogP contribution in [0.2, 0.25) is 0 Å². The molecule has 2 bridgehead atoms. The van der Waals surface area contributed by atoms with Gasteiger partial charge in [-0.05, 0) is 31.1 Å². The zero-order chi connectivity index (χ0) is 7.84. The maximum atomic E-state index is 4.10. The Kier molecular flexibility index (Phi) is 1.49. The zero-order valence-corrected chi connectivity index (χ0v) is 6.84. The van der Waals surface area contributed by atoms with Gasteiger partial charge in [0.1, 0.15) is 0 Å². The van der Waals surface area contributed by atoms with Gasteiger partial charge in [0.15, 0.2) is 0 Å². The molecular weight excluding hydrogens is 132 g/mol. The van der Waals surface area contributed by atoms with Crippen LogP contribution in [0.3, 0.4) is 0 Å². The Hall–Kier alpha value is -0.780. The third-order valence-electron chi connectivity index (χ3n) is 2.90. The molecule has 0 nitrogen and oxygen atoms in total. The van der Waals surface area contributed by atoms with E-state index in [9.17, 15) is 0 Å². The van der Waals surface area contributed by atoms with Crippen molar-refractivity contribution in [3.63, 3.8) is 0 Å². The number of hydrogen-bond donors (Lipinski definition) is 0. The van der Waals surface area contributed by atoms with Crippen LogP contribution in [0, 0.1) is 11.8 Å². The first-order valence-electron chi connectivity index (χ1n) is 4.31. The van der Waals surface area contributed by atoms with E-state index in [2.05, 4.69) is 25.3 Å². The van der Waals surface area contributed by atoms with Crippen LogP contribution in [0.4, 0.5) is 0 Å². The summed E-state index contributed by atoms with van der Waals surface area (Å²) in [7, 11) is 0. The number of hydrogen-bond acceptors (Lipinski definition) is 0. The first-order valence-corrected chi connectivity index (χ1v) is 4.31. The molecule has 0 aromatic carbocycles. The normalized spacial score (nSPS) is 36.0. The lowest BCUT2D eigenvalue weighted by Crippen LogP contribution is -1.95. The van der Waals surface area contributed by atoms with Gasteiger partial charge in [-0.25, -0.2) is 0 Å². The molecule has 2 aliphatic carbocycles. The SMILES string of the molecule is C=C1CCC(=C)C2C=CC1C2. The van der Waals surface area contributed by atoms with Crippen LogP contribution in [0.25, 0.3) is 0 Å². The minimum absolute atomic E-state index is 0.666. The summed E-state index contributed by atoms with van der Waals surface area (Å²) in [6.45, 7) is 8.19. The van der Waals surface area contributed by atoms with Crippen LogP contribution in [0.1, 0.15) is 19.3 Å². The molecule has 2 unspecified atom stereocenters. The van der Waals surface area contributed by atoms with Crippen molar-refractivity contribution in [2.45, 2.75) is 19.3 Å². The fourth-order valence-corrected chi connectivity index (χ4v) is 2.00. The average Bonchev–Trinajstić information content (AvgIpc) is 2.42. The molecule has 0 spiro atoms. The molecule has 2 rings (SSSR count). The van der Waals surface area contributed by atoms with Crippen LogP contribution < -0.4 is 0 Å². The molecule has 1 saturated carbocycles. The molecule has 0 saturated heterocycles. The summed E-state index contributed by atoms with van der Waals surface area (Å²) in [5.41, 5.74) is 2.81. The first-order chi connectivity index (χ1) is 5.27. The second-order valence-electron chi connectivity index (χ2n) is 3.65. The summed E-state index contributed by atoms with van der Waals surface area (Å²) in [5.74, 6) is 1.33. The van der Waals surface area contributed by atoms with Gasteiger partial charge < -0.3 is 0 Å². The van der Waals surface area contributed by atoms with Crippen LogP contribution in [-0.4, -0.2) is 0 Å². The summed E-state index contributed by atoms with van der Waals surface area (Å²) >= 11 is 0. The maximum absolute atomic E-state index is 4.10. The van der Waals surface area contributed by atoms with Gasteiger partial charge in [-0.1, -0.05) is 36.5 Å². The van der Waals surface area contributed by atoms with Crippen molar-refractivity contribution in [3.8, 4) is 0 Å². The highest BCUT2D eigenvalue weighted by molar-refractivity contribution is 5.26. The Labute approximate surface area is 68.3 Å². The lowest BCUT2D eigenvalue weighted by Gasteiger charge is -2.07. The molecule has 0 aromatic heterocycles. The monoisotopic (exact) mass is 146 g/mol. The quantitative estimate of drug-likeness (QED) is 0.461. The molecular formula is C11H14. The predicted octanol–water partition coefficient (Wildman–Crippen LogP) is 3.08. The molecule has 2 aliphatic rings. The van der Waals surface area contributed by atoms with Crippen molar-refractivity contribution in [3.05, 3.63) is 36.5 Å². The second kappa shape index (κ2) is 2.37. The van der Waals surface area contributed by atoms with Gasteiger partial charge in [0.05, 0.1) is 0 Å². The fraction of sp³-hybridized carbons (Fsp3) is 0.455. The van der Waals surface area contributed by atoms with Gasteiger partial charge in [-0.3, -0.25) is 0 Å². The van der Waals surface area contributed by atoms with E-state index in [1.165, 1.54) is 17.6 Å². The lowest BCUT2D eigenvalue weighted by atomic mass is 9.98. The van der Waals surface area contributed by atoms with Crippen molar-refractivity contribution in [1.82, 2.24) is 0 Å². The van der Waals surface area contributed by atoms with Crippen LogP contribution in [0.5, 0.6) is 0 Å². The van der Waals surface area contributed by atoms with Crippen molar-refractivity contribution in [2.75, 3.05) is 0 Å². The zero-order valence-electron chi connectivity index (χ0n) is 6.84. The minimum atomic E-state index is 0.666. The minimum Gasteiger partial charge on any atom is -0.0993 e. The summed E-state index contributed by atoms with van der Waals surface area (Å²) < 4.78 is 0. The largest absolute Gasteiger partial charge is 0.0993 e. The van der Waals surface area contributed by atoms with E-state index >= 15 is 0 Å². The first kappa shape index (κ1) is 6.90. The van der Waals surface area contributed by atoms with E-state index in [4.69, 9.17) is 0 Å². The molecule has 0 amide bonds. The Morgan fingerprint density at radius 1 is 1.00 bits per heavy atom. The third-order valence-corrected chi connectivity index (χ3v) is 2.90. The predicted molar refractivity (Wildman–Crippen MR) is 48.3 cm³/mol. The molecule has 0 heteroatoms. The highest BCUT2D eigenvalue weighted by Gasteiger charge is 2.25. The summed E-state index contributed by atoms with van der Waals surface area (Å²) in [6.07, 6.45) is 8.17. The topological polar surface area (TPSA) is 0 Å². The van der Waals surface area contributed by atoms with Crippen molar-refractivity contribution in [2.24, 2.45) is 11.8 Å². The Balaban J connectivity index is 2.28. The van der Waals surface area contributed by atoms with Gasteiger partial charge in [0, 0.05) is 0 Å². The highest BCUT2D eigenvalue weighted by atomic mass is 14.3. The standard InChI is InChI=1S/C11H14/c1-8-3-4-9(2)11-6-5-10(8)7-11/h5-6,10-11H,1-4,7H2. The summed E-state index contributed by atoms with van der Waals surface area (Å²) in [4.78, 5) is 0. The smallest absolute Gasteiger partial charge is 0.00170 e. The number of fused-ring (bicyclic) bond motifs is 2. The van der Waals surface area contributed by atoms with E-state index < -0.39 is 0 Å². The van der Waals surface area contributed by atoms with Crippen molar-refractivity contribution >= 4 is 0 Å². The Morgan fingerprint density at radius 2 is 1.45 bits per heavy atom. The second-order valence-corrected chi connectivity index (χ2v) is 3.65. The highest BCUT2D eigenvalue weighted by Crippen LogP contribution is 2.39. The number of rotatable bonds is 0. The van der Waals surface area contributed by atoms with Crippen LogP contribution in [-0.2, 0) is 0 Å². The molecule has 0 aliphatic heterocycles. The third kappa shape index (κ3) is 1.07. The molecule has 58 valence electrons. The van der Waals surface area contributed by atoms with Gasteiger partial charge in [0.25, 0.3) is 0 Å². The Morgan fingerprint density at radius 3 is 1.91 bits per heavy atom. The summed E-state index contributed by atoms with van der Waals surface area (Å²) in [5, 5.41) is 0.